The molecule has 0 unspecified atom stereocenters. The molecular formula is C30H34Cl2N2O2. The quantitative estimate of drug-likeness (QED) is 0.326. The van der Waals surface area contributed by atoms with Crippen molar-refractivity contribution in [1.82, 2.24) is 10.2 Å². The third-order valence-corrected chi connectivity index (χ3v) is 6.96. The second-order valence-corrected chi connectivity index (χ2v) is 10.5. The first-order chi connectivity index (χ1) is 17.1. The zero-order chi connectivity index (χ0) is 26.2. The fraction of sp³-hybridized carbons (Fsp3) is 0.333. The lowest BCUT2D eigenvalue weighted by molar-refractivity contribution is -0.140. The average molecular weight is 526 g/mol. The summed E-state index contributed by atoms with van der Waals surface area (Å²) in [5, 5.41) is 3.91. The Labute approximate surface area is 224 Å². The highest BCUT2D eigenvalue weighted by Crippen LogP contribution is 2.25. The first-order valence-corrected chi connectivity index (χ1v) is 13.0. The van der Waals surface area contributed by atoms with Crippen LogP contribution in [0.3, 0.4) is 0 Å². The van der Waals surface area contributed by atoms with Crippen LogP contribution >= 0.6 is 23.2 Å². The van der Waals surface area contributed by atoms with Crippen LogP contribution in [0.15, 0.2) is 66.7 Å². The molecule has 0 saturated heterocycles. The molecule has 0 spiro atoms. The summed E-state index contributed by atoms with van der Waals surface area (Å²) in [5.41, 5.74) is 5.02. The molecule has 0 bridgehead atoms. The van der Waals surface area contributed by atoms with Crippen molar-refractivity contribution >= 4 is 35.0 Å². The highest BCUT2D eigenvalue weighted by atomic mass is 35.5. The largest absolute Gasteiger partial charge is 0.354 e. The molecule has 0 aliphatic carbocycles. The summed E-state index contributed by atoms with van der Waals surface area (Å²) in [7, 11) is 0. The number of carbonyl (C=O) groups excluding carboxylic acids is 2. The smallest absolute Gasteiger partial charge is 0.243 e. The molecule has 0 aliphatic rings. The van der Waals surface area contributed by atoms with E-state index in [0.29, 0.717) is 28.9 Å². The minimum absolute atomic E-state index is 0.120. The van der Waals surface area contributed by atoms with Crippen LogP contribution in [0.4, 0.5) is 0 Å². The van der Waals surface area contributed by atoms with Gasteiger partial charge >= 0.3 is 0 Å². The lowest BCUT2D eigenvalue weighted by atomic mass is 10.00. The van der Waals surface area contributed by atoms with E-state index in [1.165, 1.54) is 5.56 Å². The predicted octanol–water partition coefficient (Wildman–Crippen LogP) is 6.57. The van der Waals surface area contributed by atoms with Crippen molar-refractivity contribution in [3.63, 3.8) is 0 Å². The highest BCUT2D eigenvalue weighted by Gasteiger charge is 2.30. The van der Waals surface area contributed by atoms with Crippen LogP contribution in [0.25, 0.3) is 0 Å². The molecule has 3 aromatic carbocycles. The van der Waals surface area contributed by atoms with Crippen molar-refractivity contribution in [3.05, 3.63) is 105 Å². The third kappa shape index (κ3) is 7.84. The van der Waals surface area contributed by atoms with Gasteiger partial charge in [-0.25, -0.2) is 0 Å². The van der Waals surface area contributed by atoms with Crippen molar-refractivity contribution in [3.8, 4) is 0 Å². The van der Waals surface area contributed by atoms with E-state index in [4.69, 9.17) is 23.2 Å². The van der Waals surface area contributed by atoms with E-state index in [1.54, 1.807) is 17.0 Å². The second-order valence-electron chi connectivity index (χ2n) is 9.71. The Morgan fingerprint density at radius 2 is 1.53 bits per heavy atom. The first kappa shape index (κ1) is 27.8. The van der Waals surface area contributed by atoms with Crippen LogP contribution in [0.2, 0.25) is 10.0 Å². The standard InChI is InChI=1S/C30H34Cl2N2O2/c1-20(2)18-33-30(36)28(16-23-8-6-5-7-9-23)34(19-25-12-13-26(31)27(32)15-25)29(35)17-24-11-10-21(3)22(4)14-24/h5-15,20,28H,16-19H2,1-4H3,(H,33,36)/t28-/m1/s1. The van der Waals surface area contributed by atoms with Gasteiger partial charge in [0, 0.05) is 19.5 Å². The molecule has 0 saturated carbocycles. The monoisotopic (exact) mass is 524 g/mol. The number of amides is 2. The molecule has 4 nitrogen and oxygen atoms in total. The molecule has 0 aliphatic heterocycles. The Hall–Kier alpha value is -2.82. The summed E-state index contributed by atoms with van der Waals surface area (Å²) in [6, 6.07) is 20.5. The number of halogens is 2. The van der Waals surface area contributed by atoms with Gasteiger partial charge in [-0.15, -0.1) is 0 Å². The van der Waals surface area contributed by atoms with Gasteiger partial charge in [0.25, 0.3) is 0 Å². The molecular weight excluding hydrogens is 491 g/mol. The summed E-state index contributed by atoms with van der Waals surface area (Å²) < 4.78 is 0. The Morgan fingerprint density at radius 1 is 0.833 bits per heavy atom. The Balaban J connectivity index is 1.98. The van der Waals surface area contributed by atoms with E-state index in [9.17, 15) is 9.59 Å². The van der Waals surface area contributed by atoms with Crippen molar-refractivity contribution in [2.24, 2.45) is 5.92 Å². The van der Waals surface area contributed by atoms with Crippen molar-refractivity contribution in [2.45, 2.75) is 53.1 Å². The number of hydrogen-bond donors (Lipinski definition) is 1. The van der Waals surface area contributed by atoms with Gasteiger partial charge in [0.1, 0.15) is 6.04 Å². The van der Waals surface area contributed by atoms with Gasteiger partial charge < -0.3 is 10.2 Å². The van der Waals surface area contributed by atoms with Gasteiger partial charge in [-0.2, -0.15) is 0 Å². The lowest BCUT2D eigenvalue weighted by Gasteiger charge is -2.32. The molecule has 0 fully saturated rings. The van der Waals surface area contributed by atoms with E-state index in [1.807, 2.05) is 82.3 Å². The summed E-state index contributed by atoms with van der Waals surface area (Å²) in [4.78, 5) is 29.0. The van der Waals surface area contributed by atoms with Crippen LogP contribution in [0, 0.1) is 19.8 Å². The Morgan fingerprint density at radius 3 is 2.17 bits per heavy atom. The molecule has 0 aromatic heterocycles. The van der Waals surface area contributed by atoms with Gasteiger partial charge in [0.2, 0.25) is 11.8 Å². The van der Waals surface area contributed by atoms with Gasteiger partial charge in [0.05, 0.1) is 16.5 Å². The fourth-order valence-electron chi connectivity index (χ4n) is 4.00. The predicted molar refractivity (Wildman–Crippen MR) is 148 cm³/mol. The number of nitrogens with zero attached hydrogens (tertiary/aromatic N) is 1. The van der Waals surface area contributed by atoms with Crippen LogP contribution in [0.1, 0.15) is 41.7 Å². The van der Waals surface area contributed by atoms with Gasteiger partial charge in [0.15, 0.2) is 0 Å². The maximum absolute atomic E-state index is 13.8. The highest BCUT2D eigenvalue weighted by molar-refractivity contribution is 6.42. The van der Waals surface area contributed by atoms with Crippen LogP contribution in [-0.4, -0.2) is 29.3 Å². The van der Waals surface area contributed by atoms with E-state index in [2.05, 4.69) is 5.32 Å². The molecule has 3 rings (SSSR count). The number of hydrogen-bond acceptors (Lipinski definition) is 2. The van der Waals surface area contributed by atoms with Crippen LogP contribution in [-0.2, 0) is 29.0 Å². The maximum Gasteiger partial charge on any atom is 0.243 e. The summed E-state index contributed by atoms with van der Waals surface area (Å²) in [6.45, 7) is 8.96. The lowest BCUT2D eigenvalue weighted by Crippen LogP contribution is -2.51. The van der Waals surface area contributed by atoms with Gasteiger partial charge in [-0.3, -0.25) is 9.59 Å². The number of carbonyl (C=O) groups is 2. The molecule has 36 heavy (non-hydrogen) atoms. The fourth-order valence-corrected chi connectivity index (χ4v) is 4.32. The van der Waals surface area contributed by atoms with Crippen LogP contribution in [0.5, 0.6) is 0 Å². The minimum atomic E-state index is -0.681. The number of benzene rings is 3. The second kappa shape index (κ2) is 12.9. The van der Waals surface area contributed by atoms with Crippen molar-refractivity contribution < 1.29 is 9.59 Å². The molecule has 3 aromatic rings. The molecule has 1 atom stereocenters. The average Bonchev–Trinajstić information content (AvgIpc) is 2.84. The molecule has 0 radical (unpaired) electrons. The topological polar surface area (TPSA) is 49.4 Å². The Bertz CT molecular complexity index is 1190. The van der Waals surface area contributed by atoms with E-state index >= 15 is 0 Å². The van der Waals surface area contributed by atoms with Crippen molar-refractivity contribution in [1.29, 1.82) is 0 Å². The zero-order valence-electron chi connectivity index (χ0n) is 21.4. The normalized spacial score (nSPS) is 11.9. The first-order valence-electron chi connectivity index (χ1n) is 12.2. The molecule has 6 heteroatoms. The Kier molecular flexibility index (Phi) is 9.98. The molecule has 0 heterocycles. The van der Waals surface area contributed by atoms with E-state index in [0.717, 1.165) is 22.3 Å². The van der Waals surface area contributed by atoms with Gasteiger partial charge in [-0.1, -0.05) is 91.6 Å². The molecule has 1 N–H and O–H groups in total. The van der Waals surface area contributed by atoms with Crippen LogP contribution < -0.4 is 5.32 Å². The molecule has 2 amide bonds. The van der Waals surface area contributed by atoms with Gasteiger partial charge in [-0.05, 0) is 59.7 Å². The molecule has 190 valence electrons. The van der Waals surface area contributed by atoms with E-state index < -0.39 is 6.04 Å². The summed E-state index contributed by atoms with van der Waals surface area (Å²) in [6.07, 6.45) is 0.607. The minimum Gasteiger partial charge on any atom is -0.354 e. The summed E-state index contributed by atoms with van der Waals surface area (Å²) >= 11 is 12.4. The maximum atomic E-state index is 13.8. The van der Waals surface area contributed by atoms with E-state index in [-0.39, 0.29) is 24.8 Å². The van der Waals surface area contributed by atoms with Crippen molar-refractivity contribution in [2.75, 3.05) is 6.54 Å². The summed E-state index contributed by atoms with van der Waals surface area (Å²) in [5.74, 6) is 0.00656. The zero-order valence-corrected chi connectivity index (χ0v) is 22.9. The SMILES string of the molecule is Cc1ccc(CC(=O)N(Cc2ccc(Cl)c(Cl)c2)[C@H](Cc2ccccc2)C(=O)NCC(C)C)cc1C. The third-order valence-electron chi connectivity index (χ3n) is 6.22. The number of aryl methyl sites for hydroxylation is 2. The number of nitrogens with one attached hydrogen (secondary N) is 1. The number of rotatable bonds is 10.